The first-order chi connectivity index (χ1) is 9.84. The van der Waals surface area contributed by atoms with Crippen LogP contribution in [-0.2, 0) is 0 Å². The topological polar surface area (TPSA) is 68.5 Å². The second-order valence-corrected chi connectivity index (χ2v) is 5.52. The molecule has 21 heavy (non-hydrogen) atoms. The number of aromatic nitrogens is 1. The van der Waals surface area contributed by atoms with E-state index in [0.717, 1.165) is 10.6 Å². The monoisotopic (exact) mass is 359 g/mol. The molecule has 0 saturated heterocycles. The van der Waals surface area contributed by atoms with E-state index >= 15 is 0 Å². The van der Waals surface area contributed by atoms with Gasteiger partial charge in [0.25, 0.3) is 5.56 Å². The fraction of sp³-hybridized carbons (Fsp3) is 0.231. The van der Waals surface area contributed by atoms with Crippen LogP contribution in [0.1, 0.15) is 23.3 Å². The Morgan fingerprint density at radius 2 is 2.14 bits per heavy atom. The molecular formula is C13H8BrF2NO4. The molecule has 5 nitrogen and oxygen atoms in total. The first-order valence-electron chi connectivity index (χ1n) is 5.96. The van der Waals surface area contributed by atoms with Crippen molar-refractivity contribution < 1.29 is 23.4 Å². The Hall–Kier alpha value is -1.96. The van der Waals surface area contributed by atoms with Crippen LogP contribution in [0.3, 0.4) is 0 Å². The molecule has 1 aromatic heterocycles. The number of hydrogen-bond donors (Lipinski definition) is 1. The molecule has 1 aliphatic rings. The first-order valence-corrected chi connectivity index (χ1v) is 6.75. The number of ether oxygens (including phenoxy) is 1. The molecule has 0 amide bonds. The highest BCUT2D eigenvalue weighted by atomic mass is 79.9. The third-order valence-electron chi connectivity index (χ3n) is 3.41. The maximum Gasteiger partial charge on any atom is 0.341 e. The summed E-state index contributed by atoms with van der Waals surface area (Å²) in [7, 11) is 0. The summed E-state index contributed by atoms with van der Waals surface area (Å²) in [6, 6.07) is 0.343. The van der Waals surface area contributed by atoms with Crippen LogP contribution in [0.2, 0.25) is 0 Å². The minimum atomic E-state index is -1.49. The Morgan fingerprint density at radius 3 is 2.76 bits per heavy atom. The highest BCUT2D eigenvalue weighted by molar-refractivity contribution is 9.10. The molecule has 2 aromatic rings. The molecule has 2 heterocycles. The average molecular weight is 360 g/mol. The van der Waals surface area contributed by atoms with Crippen LogP contribution in [0.25, 0.3) is 10.9 Å². The van der Waals surface area contributed by atoms with E-state index in [4.69, 9.17) is 9.84 Å². The van der Waals surface area contributed by atoms with E-state index in [1.807, 2.05) is 0 Å². The number of benzene rings is 1. The van der Waals surface area contributed by atoms with Gasteiger partial charge in [0.05, 0.1) is 11.6 Å². The van der Waals surface area contributed by atoms with Gasteiger partial charge in [0.15, 0.2) is 17.4 Å². The molecule has 3 rings (SSSR count). The van der Waals surface area contributed by atoms with Gasteiger partial charge in [-0.1, -0.05) is 0 Å². The van der Waals surface area contributed by atoms with Gasteiger partial charge in [-0.3, -0.25) is 9.36 Å². The average Bonchev–Trinajstić information content (AvgIpc) is 2.44. The quantitative estimate of drug-likeness (QED) is 0.794. The molecule has 0 fully saturated rings. The van der Waals surface area contributed by atoms with Crippen molar-refractivity contribution in [3.8, 4) is 5.75 Å². The summed E-state index contributed by atoms with van der Waals surface area (Å²) < 4.78 is 34.2. The number of hydrogen-bond acceptors (Lipinski definition) is 3. The molecule has 1 atom stereocenters. The molecule has 1 aliphatic heterocycles. The molecule has 1 aromatic carbocycles. The number of aromatic carboxylic acids is 1. The molecular weight excluding hydrogens is 352 g/mol. The molecule has 1 N–H and O–H groups in total. The zero-order valence-corrected chi connectivity index (χ0v) is 12.2. The standard InChI is InChI=1S/C13H8BrF2NO4/c1-4-3-21-11-7(14)9(16)8(15)5-2-6(13(19)20)12(18)17(4)10(5)11/h2,4H,3H2,1H3,(H,19,20)/t4-/m0/s1. The van der Waals surface area contributed by atoms with E-state index in [0.29, 0.717) is 0 Å². The summed E-state index contributed by atoms with van der Waals surface area (Å²) in [6.07, 6.45) is 0. The van der Waals surface area contributed by atoms with Gasteiger partial charge >= 0.3 is 5.97 Å². The van der Waals surface area contributed by atoms with E-state index in [2.05, 4.69) is 15.9 Å². The molecule has 0 unspecified atom stereocenters. The smallest absolute Gasteiger partial charge is 0.341 e. The van der Waals surface area contributed by atoms with Gasteiger partial charge in [0.2, 0.25) is 0 Å². The summed E-state index contributed by atoms with van der Waals surface area (Å²) in [4.78, 5) is 23.4. The molecule has 0 aliphatic carbocycles. The predicted molar refractivity (Wildman–Crippen MR) is 73.0 cm³/mol. The molecule has 0 bridgehead atoms. The van der Waals surface area contributed by atoms with E-state index in [1.54, 1.807) is 6.92 Å². The lowest BCUT2D eigenvalue weighted by Gasteiger charge is -2.27. The van der Waals surface area contributed by atoms with Crippen molar-refractivity contribution in [2.75, 3.05) is 6.61 Å². The van der Waals surface area contributed by atoms with Gasteiger partial charge in [0.1, 0.15) is 16.6 Å². The van der Waals surface area contributed by atoms with Crippen LogP contribution in [-0.4, -0.2) is 22.2 Å². The number of rotatable bonds is 1. The van der Waals surface area contributed by atoms with Crippen LogP contribution in [0, 0.1) is 11.6 Å². The van der Waals surface area contributed by atoms with Gasteiger partial charge in [0, 0.05) is 5.39 Å². The Balaban J connectivity index is 2.63. The molecule has 0 radical (unpaired) electrons. The van der Waals surface area contributed by atoms with Gasteiger partial charge in [-0.05, 0) is 28.9 Å². The third kappa shape index (κ3) is 1.78. The minimum absolute atomic E-state index is 0.00367. The summed E-state index contributed by atoms with van der Waals surface area (Å²) in [5, 5.41) is 8.77. The maximum atomic E-state index is 14.1. The van der Waals surface area contributed by atoms with Crippen LogP contribution >= 0.6 is 15.9 Å². The van der Waals surface area contributed by atoms with Crippen molar-refractivity contribution in [2.24, 2.45) is 0 Å². The molecule has 0 saturated carbocycles. The normalized spacial score (nSPS) is 16.9. The largest absolute Gasteiger partial charge is 0.488 e. The van der Waals surface area contributed by atoms with Crippen molar-refractivity contribution in [2.45, 2.75) is 13.0 Å². The molecule has 0 spiro atoms. The lowest BCUT2D eigenvalue weighted by atomic mass is 10.1. The van der Waals surface area contributed by atoms with Gasteiger partial charge in [-0.15, -0.1) is 0 Å². The zero-order chi connectivity index (χ0) is 15.5. The van der Waals surface area contributed by atoms with E-state index in [9.17, 15) is 18.4 Å². The van der Waals surface area contributed by atoms with Crippen LogP contribution in [0.4, 0.5) is 8.78 Å². The van der Waals surface area contributed by atoms with Gasteiger partial charge in [-0.2, -0.15) is 0 Å². The second-order valence-electron chi connectivity index (χ2n) is 4.73. The first kappa shape index (κ1) is 14.0. The van der Waals surface area contributed by atoms with Crippen molar-refractivity contribution >= 4 is 32.8 Å². The van der Waals surface area contributed by atoms with Crippen LogP contribution in [0.15, 0.2) is 15.3 Å². The van der Waals surface area contributed by atoms with Crippen molar-refractivity contribution in [1.82, 2.24) is 4.57 Å². The number of carboxylic acid groups (broad SMARTS) is 1. The third-order valence-corrected chi connectivity index (χ3v) is 4.12. The number of carbonyl (C=O) groups is 1. The Kier molecular flexibility index (Phi) is 3.01. The van der Waals surface area contributed by atoms with Crippen molar-refractivity contribution in [3.63, 3.8) is 0 Å². The number of halogens is 3. The van der Waals surface area contributed by atoms with Gasteiger partial charge < -0.3 is 9.84 Å². The fourth-order valence-corrected chi connectivity index (χ4v) is 2.91. The Labute approximate surface area is 124 Å². The van der Waals surface area contributed by atoms with Crippen molar-refractivity contribution in [3.05, 3.63) is 38.1 Å². The molecule has 8 heteroatoms. The van der Waals surface area contributed by atoms with Crippen LogP contribution in [0.5, 0.6) is 5.75 Å². The second kappa shape index (κ2) is 4.52. The highest BCUT2D eigenvalue weighted by Crippen LogP contribution is 2.41. The van der Waals surface area contributed by atoms with Crippen molar-refractivity contribution in [1.29, 1.82) is 0 Å². The Morgan fingerprint density at radius 1 is 1.48 bits per heavy atom. The summed E-state index contributed by atoms with van der Waals surface area (Å²) in [5.74, 6) is -3.91. The fourth-order valence-electron chi connectivity index (χ4n) is 2.44. The Bertz CT molecular complexity index is 862. The summed E-state index contributed by atoms with van der Waals surface area (Å²) in [5.41, 5.74) is -1.33. The SMILES string of the molecule is C[C@H]1COc2c(Br)c(F)c(F)c3cc(C(=O)O)c(=O)n1c23. The summed E-state index contributed by atoms with van der Waals surface area (Å²) in [6.45, 7) is 1.68. The van der Waals surface area contributed by atoms with E-state index in [1.165, 1.54) is 0 Å². The minimum Gasteiger partial charge on any atom is -0.488 e. The number of pyridine rings is 1. The zero-order valence-electron chi connectivity index (χ0n) is 10.6. The number of carboxylic acids is 1. The maximum absolute atomic E-state index is 14.1. The van der Waals surface area contributed by atoms with Crippen LogP contribution < -0.4 is 10.3 Å². The lowest BCUT2D eigenvalue weighted by molar-refractivity contribution is 0.0694. The summed E-state index contributed by atoms with van der Waals surface area (Å²) >= 11 is 2.90. The highest BCUT2D eigenvalue weighted by Gasteiger charge is 2.30. The lowest BCUT2D eigenvalue weighted by Crippen LogP contribution is -2.34. The molecule has 110 valence electrons. The van der Waals surface area contributed by atoms with E-state index < -0.39 is 34.8 Å². The van der Waals surface area contributed by atoms with E-state index in [-0.39, 0.29) is 27.7 Å². The number of nitrogens with zero attached hydrogens (tertiary/aromatic N) is 1. The van der Waals surface area contributed by atoms with Gasteiger partial charge in [-0.25, -0.2) is 13.6 Å². The predicted octanol–water partition coefficient (Wildman–Crippen LogP) is 2.69.